The number of hydrogen-bond acceptors (Lipinski definition) is 7. The highest BCUT2D eigenvalue weighted by Gasteiger charge is 2.15. The lowest BCUT2D eigenvalue weighted by Crippen LogP contribution is -2.30. The van der Waals surface area contributed by atoms with Crippen LogP contribution in [0.4, 0.5) is 0 Å². The predicted octanol–water partition coefficient (Wildman–Crippen LogP) is 1.38. The van der Waals surface area contributed by atoms with Crippen LogP contribution in [-0.2, 0) is 13.7 Å². The number of pyridine rings is 1. The topological polar surface area (TPSA) is 108 Å². The lowest BCUT2D eigenvalue weighted by molar-refractivity contribution is 0.0936. The van der Waals surface area contributed by atoms with Gasteiger partial charge in [0.2, 0.25) is 5.88 Å². The van der Waals surface area contributed by atoms with Gasteiger partial charge >= 0.3 is 0 Å². The first-order valence-electron chi connectivity index (χ1n) is 8.12. The average Bonchev–Trinajstić information content (AvgIpc) is 3.01. The Kier molecular flexibility index (Phi) is 5.16. The molecule has 0 saturated heterocycles. The maximum absolute atomic E-state index is 11.9. The fraction of sp³-hybridized carbons (Fsp3) is 0.294. The van der Waals surface area contributed by atoms with Crippen LogP contribution in [0, 0.1) is 0 Å². The molecule has 0 atom stereocenters. The fourth-order valence-corrected chi connectivity index (χ4v) is 2.24. The van der Waals surface area contributed by atoms with Crippen molar-refractivity contribution in [2.75, 3.05) is 0 Å². The molecule has 3 aromatic heterocycles. The molecule has 0 aliphatic heterocycles. The zero-order valence-electron chi connectivity index (χ0n) is 14.7. The Morgan fingerprint density at radius 2 is 2.04 bits per heavy atom. The van der Waals surface area contributed by atoms with Gasteiger partial charge in [0.05, 0.1) is 5.69 Å². The van der Waals surface area contributed by atoms with Crippen molar-refractivity contribution in [1.82, 2.24) is 35.5 Å². The van der Waals surface area contributed by atoms with E-state index in [1.165, 1.54) is 0 Å². The predicted molar refractivity (Wildman–Crippen MR) is 93.2 cm³/mol. The highest BCUT2D eigenvalue weighted by atomic mass is 16.5. The summed E-state index contributed by atoms with van der Waals surface area (Å²) < 4.78 is 7.30. The molecule has 3 rings (SSSR count). The van der Waals surface area contributed by atoms with E-state index in [2.05, 4.69) is 30.8 Å². The number of carbonyl (C=O) groups excluding carboxylic acids is 1. The first-order chi connectivity index (χ1) is 12.5. The Morgan fingerprint density at radius 3 is 2.69 bits per heavy atom. The largest absolute Gasteiger partial charge is 0.470 e. The Bertz CT molecular complexity index is 876. The second-order valence-corrected chi connectivity index (χ2v) is 5.90. The van der Waals surface area contributed by atoms with Crippen molar-refractivity contribution in [3.63, 3.8) is 0 Å². The maximum Gasteiger partial charge on any atom is 0.272 e. The fourth-order valence-electron chi connectivity index (χ4n) is 2.24. The molecule has 1 amide bonds. The van der Waals surface area contributed by atoms with Gasteiger partial charge < -0.3 is 10.1 Å². The highest BCUT2D eigenvalue weighted by molar-refractivity contribution is 5.92. The molecule has 9 nitrogen and oxygen atoms in total. The van der Waals surface area contributed by atoms with E-state index < -0.39 is 0 Å². The molecule has 0 aromatic carbocycles. The van der Waals surface area contributed by atoms with Gasteiger partial charge in [0, 0.05) is 25.4 Å². The molecule has 26 heavy (non-hydrogen) atoms. The van der Waals surface area contributed by atoms with Crippen LogP contribution in [0.15, 0.2) is 36.5 Å². The molecule has 0 aliphatic carbocycles. The number of aryl methyl sites for hydroxylation is 1. The molecule has 1 N–H and O–H groups in total. The van der Waals surface area contributed by atoms with Crippen molar-refractivity contribution in [1.29, 1.82) is 0 Å². The third-order valence-electron chi connectivity index (χ3n) is 3.50. The second kappa shape index (κ2) is 7.68. The van der Waals surface area contributed by atoms with Crippen molar-refractivity contribution >= 4 is 5.91 Å². The SMILES string of the molecule is CC(C)NC(=O)c1ccc(OCc2c(-c3ccccn3)nnn2C)nn1. The molecule has 0 saturated carbocycles. The molecular formula is C17H19N7O2. The number of rotatable bonds is 6. The Labute approximate surface area is 150 Å². The number of aromatic nitrogens is 6. The van der Waals surface area contributed by atoms with Gasteiger partial charge in [0.1, 0.15) is 18.0 Å². The van der Waals surface area contributed by atoms with Crippen LogP contribution < -0.4 is 10.1 Å². The summed E-state index contributed by atoms with van der Waals surface area (Å²) in [6, 6.07) is 8.78. The third-order valence-corrected chi connectivity index (χ3v) is 3.50. The molecule has 0 fully saturated rings. The molecule has 0 radical (unpaired) electrons. The van der Waals surface area contributed by atoms with Crippen LogP contribution in [0.2, 0.25) is 0 Å². The van der Waals surface area contributed by atoms with Gasteiger partial charge in [-0.15, -0.1) is 15.3 Å². The number of ether oxygens (including phenoxy) is 1. The van der Waals surface area contributed by atoms with Gasteiger partial charge in [-0.3, -0.25) is 9.78 Å². The van der Waals surface area contributed by atoms with Crippen LogP contribution in [0.5, 0.6) is 5.88 Å². The van der Waals surface area contributed by atoms with E-state index in [4.69, 9.17) is 4.74 Å². The van der Waals surface area contributed by atoms with Crippen molar-refractivity contribution < 1.29 is 9.53 Å². The molecular weight excluding hydrogens is 334 g/mol. The Balaban J connectivity index is 1.70. The second-order valence-electron chi connectivity index (χ2n) is 5.90. The van der Waals surface area contributed by atoms with Crippen LogP contribution in [-0.4, -0.2) is 42.1 Å². The normalized spacial score (nSPS) is 10.8. The summed E-state index contributed by atoms with van der Waals surface area (Å²) in [6.07, 6.45) is 1.70. The molecule has 3 aromatic rings. The Hall–Kier alpha value is -3.36. The third kappa shape index (κ3) is 4.00. The molecule has 0 bridgehead atoms. The van der Waals surface area contributed by atoms with E-state index in [1.807, 2.05) is 32.0 Å². The van der Waals surface area contributed by atoms with E-state index in [9.17, 15) is 4.79 Å². The number of carbonyl (C=O) groups is 1. The summed E-state index contributed by atoms with van der Waals surface area (Å²) >= 11 is 0. The lowest BCUT2D eigenvalue weighted by Gasteiger charge is -2.08. The average molecular weight is 353 g/mol. The van der Waals surface area contributed by atoms with Crippen LogP contribution >= 0.6 is 0 Å². The van der Waals surface area contributed by atoms with Crippen molar-refractivity contribution in [2.24, 2.45) is 7.05 Å². The summed E-state index contributed by atoms with van der Waals surface area (Å²) in [5.74, 6) is 0.0339. The lowest BCUT2D eigenvalue weighted by atomic mass is 10.2. The molecule has 0 spiro atoms. The number of amides is 1. The molecule has 134 valence electrons. The van der Waals surface area contributed by atoms with E-state index in [0.717, 1.165) is 5.69 Å². The van der Waals surface area contributed by atoms with Crippen LogP contribution in [0.3, 0.4) is 0 Å². The zero-order valence-corrected chi connectivity index (χ0v) is 14.7. The molecule has 3 heterocycles. The first-order valence-corrected chi connectivity index (χ1v) is 8.12. The summed E-state index contributed by atoms with van der Waals surface area (Å²) in [5, 5.41) is 18.8. The van der Waals surface area contributed by atoms with Gasteiger partial charge in [-0.25, -0.2) is 4.68 Å². The van der Waals surface area contributed by atoms with Gasteiger partial charge in [-0.2, -0.15) is 0 Å². The number of nitrogens with one attached hydrogen (secondary N) is 1. The molecule has 0 unspecified atom stereocenters. The van der Waals surface area contributed by atoms with Gasteiger partial charge in [-0.1, -0.05) is 11.3 Å². The summed E-state index contributed by atoms with van der Waals surface area (Å²) in [4.78, 5) is 16.2. The first kappa shape index (κ1) is 17.5. The molecule has 0 aliphatic rings. The van der Waals surface area contributed by atoms with Crippen LogP contribution in [0.1, 0.15) is 30.0 Å². The minimum atomic E-state index is -0.271. The van der Waals surface area contributed by atoms with Gasteiger partial charge in [-0.05, 0) is 32.0 Å². The van der Waals surface area contributed by atoms with Gasteiger partial charge in [0.15, 0.2) is 5.69 Å². The zero-order chi connectivity index (χ0) is 18.5. The monoisotopic (exact) mass is 353 g/mol. The van der Waals surface area contributed by atoms with Gasteiger partial charge in [0.25, 0.3) is 5.91 Å². The summed E-state index contributed by atoms with van der Waals surface area (Å²) in [6.45, 7) is 3.95. The minimum Gasteiger partial charge on any atom is -0.470 e. The van der Waals surface area contributed by atoms with E-state index in [-0.39, 0.29) is 24.2 Å². The highest BCUT2D eigenvalue weighted by Crippen LogP contribution is 2.19. The van der Waals surface area contributed by atoms with E-state index in [0.29, 0.717) is 17.3 Å². The van der Waals surface area contributed by atoms with E-state index in [1.54, 1.807) is 30.1 Å². The number of hydrogen-bond donors (Lipinski definition) is 1. The molecule has 9 heteroatoms. The minimum absolute atomic E-state index is 0.0302. The van der Waals surface area contributed by atoms with Crippen LogP contribution in [0.25, 0.3) is 11.4 Å². The standard InChI is InChI=1S/C17H19N7O2/c1-11(2)19-17(25)13-7-8-15(21-20-13)26-10-14-16(22-23-24(14)3)12-6-4-5-9-18-12/h4-9,11H,10H2,1-3H3,(H,19,25). The smallest absolute Gasteiger partial charge is 0.272 e. The number of nitrogens with zero attached hydrogens (tertiary/aromatic N) is 6. The summed E-state index contributed by atoms with van der Waals surface area (Å²) in [7, 11) is 1.78. The van der Waals surface area contributed by atoms with E-state index >= 15 is 0 Å². The van der Waals surface area contributed by atoms with Crippen molar-refractivity contribution in [3.05, 3.63) is 47.9 Å². The van der Waals surface area contributed by atoms with Crippen molar-refractivity contribution in [2.45, 2.75) is 26.5 Å². The maximum atomic E-state index is 11.9. The Morgan fingerprint density at radius 1 is 1.19 bits per heavy atom. The van der Waals surface area contributed by atoms with Crippen molar-refractivity contribution in [3.8, 4) is 17.3 Å². The quantitative estimate of drug-likeness (QED) is 0.713. The summed E-state index contributed by atoms with van der Waals surface area (Å²) in [5.41, 5.74) is 2.36.